The van der Waals surface area contributed by atoms with Gasteiger partial charge in [0, 0.05) is 12.5 Å². The van der Waals surface area contributed by atoms with Gasteiger partial charge >= 0.3 is 12.1 Å². The average Bonchev–Trinajstić information content (AvgIpc) is 3.18. The molecule has 1 aliphatic rings. The van der Waals surface area contributed by atoms with Gasteiger partial charge in [-0.25, -0.2) is 22.7 Å². The number of carboxylic acid groups (broad SMARTS) is 1. The minimum absolute atomic E-state index is 0.0341. The van der Waals surface area contributed by atoms with Crippen LogP contribution in [0.3, 0.4) is 0 Å². The van der Waals surface area contributed by atoms with Crippen LogP contribution in [0.2, 0.25) is 0 Å². The normalized spacial score (nSPS) is 13.5. The fourth-order valence-electron chi connectivity index (χ4n) is 4.35. The van der Waals surface area contributed by atoms with Crippen molar-refractivity contribution in [3.63, 3.8) is 0 Å². The van der Waals surface area contributed by atoms with Crippen LogP contribution in [0.15, 0.2) is 77.7 Å². The molecule has 3 N–H and O–H groups in total. The number of sulfonamides is 1. The maximum atomic E-state index is 12.4. The molecular weight excluding hydrogens is 480 g/mol. The Balaban J connectivity index is 1.29. The highest BCUT2D eigenvalue weighted by Gasteiger charge is 2.29. The highest BCUT2D eigenvalue weighted by atomic mass is 32.2. The molecule has 3 aromatic rings. The van der Waals surface area contributed by atoms with Gasteiger partial charge in [0.2, 0.25) is 10.0 Å². The van der Waals surface area contributed by atoms with Crippen molar-refractivity contribution in [1.82, 2.24) is 10.0 Å². The van der Waals surface area contributed by atoms with E-state index in [1.165, 1.54) is 12.1 Å². The number of aryl methyl sites for hydroxylation is 1. The van der Waals surface area contributed by atoms with Crippen molar-refractivity contribution in [1.29, 1.82) is 0 Å². The summed E-state index contributed by atoms with van der Waals surface area (Å²) in [6.45, 7) is 1.97. The molecule has 0 bridgehead atoms. The second-order valence-electron chi connectivity index (χ2n) is 8.71. The Hall–Kier alpha value is -3.69. The van der Waals surface area contributed by atoms with E-state index in [1.54, 1.807) is 12.1 Å². The van der Waals surface area contributed by atoms with Crippen LogP contribution in [0.25, 0.3) is 11.1 Å². The first-order valence-electron chi connectivity index (χ1n) is 11.7. The summed E-state index contributed by atoms with van der Waals surface area (Å²) in [4.78, 5) is 24.2. The Kier molecular flexibility index (Phi) is 7.71. The largest absolute Gasteiger partial charge is 0.480 e. The van der Waals surface area contributed by atoms with E-state index in [9.17, 15) is 23.1 Å². The van der Waals surface area contributed by atoms with Crippen molar-refractivity contribution in [2.24, 2.45) is 0 Å². The molecule has 36 heavy (non-hydrogen) atoms. The predicted molar refractivity (Wildman–Crippen MR) is 135 cm³/mol. The number of alkyl carbamates (subject to hydrolysis) is 1. The van der Waals surface area contributed by atoms with Crippen molar-refractivity contribution < 1.29 is 27.9 Å². The smallest absolute Gasteiger partial charge is 0.407 e. The maximum Gasteiger partial charge on any atom is 0.407 e. The number of amides is 1. The topological polar surface area (TPSA) is 122 Å². The van der Waals surface area contributed by atoms with Gasteiger partial charge in [0.15, 0.2) is 0 Å². The third-order valence-corrected chi connectivity index (χ3v) is 7.70. The Bertz CT molecular complexity index is 1310. The summed E-state index contributed by atoms with van der Waals surface area (Å²) < 4.78 is 32.6. The molecule has 4 rings (SSSR count). The average molecular weight is 509 g/mol. The minimum atomic E-state index is -3.69. The van der Waals surface area contributed by atoms with Crippen LogP contribution in [0, 0.1) is 6.92 Å². The lowest BCUT2D eigenvalue weighted by Gasteiger charge is -2.17. The van der Waals surface area contributed by atoms with E-state index in [0.29, 0.717) is 0 Å². The molecule has 8 nitrogen and oxygen atoms in total. The van der Waals surface area contributed by atoms with Crippen LogP contribution in [0.5, 0.6) is 0 Å². The van der Waals surface area contributed by atoms with Crippen molar-refractivity contribution in [3.05, 3.63) is 89.5 Å². The van der Waals surface area contributed by atoms with E-state index in [2.05, 4.69) is 10.0 Å². The lowest BCUT2D eigenvalue weighted by atomic mass is 9.98. The molecule has 0 saturated carbocycles. The second kappa shape index (κ2) is 10.9. The molecule has 0 unspecified atom stereocenters. The molecule has 3 aromatic carbocycles. The molecular formula is C27H28N2O6S. The summed E-state index contributed by atoms with van der Waals surface area (Å²) in [5.74, 6) is -1.35. The van der Waals surface area contributed by atoms with Crippen molar-refractivity contribution in [2.45, 2.75) is 36.6 Å². The Morgan fingerprint density at radius 1 is 0.944 bits per heavy atom. The van der Waals surface area contributed by atoms with E-state index in [-0.39, 0.29) is 36.8 Å². The van der Waals surface area contributed by atoms with Gasteiger partial charge in [-0.05, 0) is 54.2 Å². The number of hydrogen-bond donors (Lipinski definition) is 3. The molecule has 1 amide bonds. The van der Waals surface area contributed by atoms with Crippen LogP contribution in [0.4, 0.5) is 4.79 Å². The monoisotopic (exact) mass is 508 g/mol. The number of rotatable bonds is 10. The summed E-state index contributed by atoms with van der Waals surface area (Å²) >= 11 is 0. The van der Waals surface area contributed by atoms with E-state index >= 15 is 0 Å². The molecule has 0 aromatic heterocycles. The summed E-state index contributed by atoms with van der Waals surface area (Å²) in [5, 5.41) is 11.9. The van der Waals surface area contributed by atoms with Gasteiger partial charge < -0.3 is 15.2 Å². The van der Waals surface area contributed by atoms with E-state index in [1.807, 2.05) is 55.5 Å². The lowest BCUT2D eigenvalue weighted by molar-refractivity contribution is -0.139. The first-order chi connectivity index (χ1) is 17.3. The number of nitrogens with one attached hydrogen (secondary N) is 2. The third kappa shape index (κ3) is 5.75. The standard InChI is InChI=1S/C27H28N2O6S/c1-18-12-14-19(15-13-18)36(33,34)28-16-6-11-25(26(30)31)29-27(32)35-17-24-22-9-4-2-7-20(22)21-8-3-5-10-23(21)24/h2-5,7-10,12-15,24-25,28H,6,11,16-17H2,1H3,(H,29,32)(H,30,31)/t25-/m0/s1. The quantitative estimate of drug-likeness (QED) is 0.355. The van der Waals surface area contributed by atoms with Gasteiger partial charge in [0.05, 0.1) is 4.90 Å². The zero-order chi connectivity index (χ0) is 25.7. The molecule has 0 spiro atoms. The third-order valence-electron chi connectivity index (χ3n) is 6.23. The molecule has 0 radical (unpaired) electrons. The van der Waals surface area contributed by atoms with Gasteiger partial charge in [-0.2, -0.15) is 0 Å². The SMILES string of the molecule is Cc1ccc(S(=O)(=O)NCCC[C@H](NC(=O)OCC2c3ccccc3-c3ccccc32)C(=O)O)cc1. The molecule has 0 heterocycles. The van der Waals surface area contributed by atoms with Crippen LogP contribution >= 0.6 is 0 Å². The van der Waals surface area contributed by atoms with Crippen LogP contribution in [-0.4, -0.2) is 44.8 Å². The Morgan fingerprint density at radius 2 is 1.53 bits per heavy atom. The van der Waals surface area contributed by atoms with Crippen molar-refractivity contribution in [2.75, 3.05) is 13.2 Å². The molecule has 1 atom stereocenters. The van der Waals surface area contributed by atoms with Crippen LogP contribution < -0.4 is 10.0 Å². The number of carbonyl (C=O) groups excluding carboxylic acids is 1. The number of carbonyl (C=O) groups is 2. The second-order valence-corrected chi connectivity index (χ2v) is 10.5. The van der Waals surface area contributed by atoms with Gasteiger partial charge in [-0.1, -0.05) is 66.2 Å². The molecule has 188 valence electrons. The molecule has 9 heteroatoms. The number of fused-ring (bicyclic) bond motifs is 3. The first kappa shape index (κ1) is 25.4. The number of ether oxygens (including phenoxy) is 1. The highest BCUT2D eigenvalue weighted by Crippen LogP contribution is 2.44. The van der Waals surface area contributed by atoms with E-state index < -0.39 is 28.1 Å². The minimum Gasteiger partial charge on any atom is -0.480 e. The molecule has 0 aliphatic heterocycles. The van der Waals surface area contributed by atoms with Gasteiger partial charge in [-0.15, -0.1) is 0 Å². The fraction of sp³-hybridized carbons (Fsp3) is 0.259. The lowest BCUT2D eigenvalue weighted by Crippen LogP contribution is -2.42. The Morgan fingerprint density at radius 3 is 2.11 bits per heavy atom. The first-order valence-corrected chi connectivity index (χ1v) is 13.2. The Labute approximate surface area is 210 Å². The predicted octanol–water partition coefficient (Wildman–Crippen LogP) is 4.05. The highest BCUT2D eigenvalue weighted by molar-refractivity contribution is 7.89. The maximum absolute atomic E-state index is 12.4. The van der Waals surface area contributed by atoms with Crippen LogP contribution in [-0.2, 0) is 19.6 Å². The number of benzene rings is 3. The van der Waals surface area contributed by atoms with Crippen LogP contribution in [0.1, 0.15) is 35.4 Å². The van der Waals surface area contributed by atoms with Gasteiger partial charge in [0.25, 0.3) is 0 Å². The fourth-order valence-corrected chi connectivity index (χ4v) is 5.43. The summed E-state index contributed by atoms with van der Waals surface area (Å²) in [7, 11) is -3.69. The van der Waals surface area contributed by atoms with Crippen molar-refractivity contribution >= 4 is 22.1 Å². The van der Waals surface area contributed by atoms with E-state index in [0.717, 1.165) is 27.8 Å². The van der Waals surface area contributed by atoms with Gasteiger partial charge in [0.1, 0.15) is 12.6 Å². The summed E-state index contributed by atoms with van der Waals surface area (Å²) in [6, 6.07) is 21.1. The number of hydrogen-bond acceptors (Lipinski definition) is 5. The van der Waals surface area contributed by atoms with Gasteiger partial charge in [-0.3, -0.25) is 0 Å². The number of carboxylic acids is 1. The number of aliphatic carboxylic acids is 1. The van der Waals surface area contributed by atoms with Crippen molar-refractivity contribution in [3.8, 4) is 11.1 Å². The van der Waals surface area contributed by atoms with E-state index in [4.69, 9.17) is 4.74 Å². The molecule has 1 aliphatic carbocycles. The zero-order valence-corrected chi connectivity index (χ0v) is 20.6. The summed E-state index contributed by atoms with van der Waals surface area (Å²) in [6.07, 6.45) is -0.578. The molecule has 0 saturated heterocycles. The zero-order valence-electron chi connectivity index (χ0n) is 19.8. The molecule has 0 fully saturated rings. The summed E-state index contributed by atoms with van der Waals surface area (Å²) in [5.41, 5.74) is 5.25.